The highest BCUT2D eigenvalue weighted by Crippen LogP contribution is 2.56. The van der Waals surface area contributed by atoms with E-state index >= 15 is 4.57 Å². The lowest BCUT2D eigenvalue weighted by Crippen LogP contribution is -2.50. The number of nitrogens with zero attached hydrogens (tertiary/aromatic N) is 6. The highest BCUT2D eigenvalue weighted by molar-refractivity contribution is 7.48. The van der Waals surface area contributed by atoms with Crippen LogP contribution in [0.3, 0.4) is 0 Å². The fraction of sp³-hybridized carbons (Fsp3) is 0.571. The summed E-state index contributed by atoms with van der Waals surface area (Å²) in [5, 5.41) is -0.565. The summed E-state index contributed by atoms with van der Waals surface area (Å²) in [5.74, 6) is 0. The Hall–Kier alpha value is -3.99. The highest BCUT2D eigenvalue weighted by atomic mass is 35.5. The number of aromatic nitrogens is 6. The van der Waals surface area contributed by atoms with Crippen molar-refractivity contribution >= 4 is 47.2 Å². The number of methoxy groups -OCH3 is 2. The summed E-state index contributed by atoms with van der Waals surface area (Å²) < 4.78 is 126. The summed E-state index contributed by atoms with van der Waals surface area (Å²) in [7, 11) is -7.65. The van der Waals surface area contributed by atoms with Crippen molar-refractivity contribution in [2.75, 3.05) is 27.4 Å². The van der Waals surface area contributed by atoms with Gasteiger partial charge in [-0.1, -0.05) is 102 Å². The van der Waals surface area contributed by atoms with Gasteiger partial charge in [-0.15, -0.1) is 0 Å². The molecule has 1 unspecified atom stereocenters. The predicted octanol–water partition coefficient (Wildman–Crippen LogP) is 9.66. The van der Waals surface area contributed by atoms with Crippen LogP contribution < -0.4 is 11.2 Å². The third kappa shape index (κ3) is 13.1. The Bertz CT molecular complexity index is 2920. The zero-order chi connectivity index (χ0) is 54.9. The number of ether oxygens (including phenoxy) is 5. The number of benzene rings is 2. The van der Waals surface area contributed by atoms with Crippen LogP contribution in [0.5, 0.6) is 0 Å². The van der Waals surface area contributed by atoms with E-state index in [9.17, 15) is 22.8 Å². The van der Waals surface area contributed by atoms with E-state index in [1.807, 2.05) is 77.3 Å². The Labute approximate surface area is 440 Å². The van der Waals surface area contributed by atoms with Crippen LogP contribution in [0.1, 0.15) is 70.7 Å². The van der Waals surface area contributed by atoms with E-state index < -0.39 is 116 Å². The van der Waals surface area contributed by atoms with Crippen molar-refractivity contribution in [3.8, 4) is 0 Å². The number of imidazole rings is 1. The van der Waals surface area contributed by atoms with E-state index in [0.717, 1.165) is 16.2 Å². The monoisotopic (exact) mass is 1130 g/mol. The number of alkyl halides is 3. The average molecular weight is 1130 g/mol. The van der Waals surface area contributed by atoms with Gasteiger partial charge in [0.15, 0.2) is 39.9 Å². The maximum atomic E-state index is 15.7. The van der Waals surface area contributed by atoms with E-state index in [4.69, 9.17) is 57.7 Å². The molecule has 9 atom stereocenters. The number of hydrogen-bond acceptors (Lipinski definition) is 16. The van der Waals surface area contributed by atoms with Gasteiger partial charge in [0.05, 0.1) is 38.3 Å². The first-order chi connectivity index (χ1) is 35.1. The molecule has 3 aromatic heterocycles. The number of hydrogen-bond donors (Lipinski definition) is 0. The third-order valence-electron chi connectivity index (χ3n) is 14.4. The molecule has 0 saturated carbocycles. The van der Waals surface area contributed by atoms with Crippen molar-refractivity contribution in [3.05, 3.63) is 122 Å². The minimum Gasteiger partial charge on any atom is -0.414 e. The van der Waals surface area contributed by atoms with Gasteiger partial charge in [-0.2, -0.15) is 13.2 Å². The van der Waals surface area contributed by atoms with Crippen molar-refractivity contribution in [1.82, 2.24) is 28.7 Å². The van der Waals surface area contributed by atoms with E-state index in [0.29, 0.717) is 0 Å². The number of rotatable bonds is 21. The number of phosphoric ester groups is 1. The molecule has 2 fully saturated rings. The topological polar surface area (TPSA) is 197 Å². The van der Waals surface area contributed by atoms with Gasteiger partial charge in [-0.05, 0) is 53.5 Å². The average Bonchev–Trinajstić information content (AvgIpc) is 4.03. The van der Waals surface area contributed by atoms with Crippen LogP contribution in [0.2, 0.25) is 41.4 Å². The Morgan fingerprint density at radius 2 is 1.35 bits per heavy atom. The molecule has 2 saturated heterocycles. The summed E-state index contributed by atoms with van der Waals surface area (Å²) in [6, 6.07) is 15.1. The quantitative estimate of drug-likeness (QED) is 0.0382. The molecule has 0 amide bonds. The van der Waals surface area contributed by atoms with Crippen molar-refractivity contribution < 1.29 is 63.8 Å². The summed E-state index contributed by atoms with van der Waals surface area (Å²) in [5.41, 5.74) is -1.47. The molecule has 2 aliphatic rings. The van der Waals surface area contributed by atoms with E-state index in [1.165, 1.54) is 61.9 Å². The van der Waals surface area contributed by atoms with Crippen LogP contribution in [0.4, 0.5) is 13.2 Å². The molecule has 0 spiro atoms. The molecule has 0 bridgehead atoms. The van der Waals surface area contributed by atoms with Crippen molar-refractivity contribution in [2.45, 2.75) is 153 Å². The maximum Gasteiger partial charge on any atom is 0.475 e. The molecule has 0 radical (unpaired) electrons. The first kappa shape index (κ1) is 58.7. The van der Waals surface area contributed by atoms with Crippen molar-refractivity contribution in [1.29, 1.82) is 0 Å². The molecule has 0 aliphatic carbocycles. The first-order valence-electron chi connectivity index (χ1n) is 24.3. The normalized spacial score (nSPS) is 23.8. The van der Waals surface area contributed by atoms with E-state index in [-0.39, 0.29) is 45.2 Å². The Kier molecular flexibility index (Phi) is 18.1. The molecule has 26 heteroatoms. The Balaban J connectivity index is 1.27. The van der Waals surface area contributed by atoms with Gasteiger partial charge in [0.1, 0.15) is 55.2 Å². The fourth-order valence-electron chi connectivity index (χ4n) is 8.09. The highest BCUT2D eigenvalue weighted by Gasteiger charge is 2.55. The zero-order valence-corrected chi connectivity index (χ0v) is 47.8. The first-order valence-corrected chi connectivity index (χ1v) is 31.9. The molecule has 2 aromatic carbocycles. The van der Waals surface area contributed by atoms with Crippen molar-refractivity contribution in [2.24, 2.45) is 0 Å². The van der Waals surface area contributed by atoms with Crippen LogP contribution in [-0.2, 0) is 76.8 Å². The van der Waals surface area contributed by atoms with Gasteiger partial charge in [-0.25, -0.2) is 28.9 Å². The smallest absolute Gasteiger partial charge is 0.414 e. The second-order valence-corrected chi connectivity index (χ2v) is 33.0. The molecule has 412 valence electrons. The molecule has 75 heavy (non-hydrogen) atoms. The lowest BCUT2D eigenvalue weighted by Gasteiger charge is -2.40. The molecule has 7 rings (SSSR count). The Morgan fingerprint density at radius 3 is 1.99 bits per heavy atom. The summed E-state index contributed by atoms with van der Waals surface area (Å²) in [6.45, 7) is 18.4. The molecule has 5 aromatic rings. The number of phosphoric acid groups is 1. The molecule has 19 nitrogen and oxygen atoms in total. The maximum absolute atomic E-state index is 15.7. The summed E-state index contributed by atoms with van der Waals surface area (Å²) in [4.78, 5) is 40.2. The number of halogens is 4. The van der Waals surface area contributed by atoms with Crippen LogP contribution in [0.15, 0.2) is 89.1 Å². The van der Waals surface area contributed by atoms with Gasteiger partial charge in [0, 0.05) is 26.5 Å². The van der Waals surface area contributed by atoms with Crippen LogP contribution in [0.25, 0.3) is 11.2 Å². The molecule has 0 N–H and O–H groups in total. The van der Waals surface area contributed by atoms with E-state index in [1.54, 1.807) is 4.57 Å². The van der Waals surface area contributed by atoms with Gasteiger partial charge in [-0.3, -0.25) is 27.5 Å². The van der Waals surface area contributed by atoms with Gasteiger partial charge >= 0.3 is 19.7 Å². The zero-order valence-electron chi connectivity index (χ0n) is 44.1. The SMILES string of the molecule is CO[C@@H]1[C@H](O[Si](C)(C)C(C)(C)C)[C@@H](COP(=O)(OCc2ccccc2C(F)(F)F)O[C@H]2[C@@H](OC)[C@H](n3cnc4c(Cl)ncnc43)O[C@@H]2CO[Si](C)(C)C(C)(C)C)O[C@H]1n1ccc(=O)n(COCc2ccccc2)c1=O. The fourth-order valence-corrected chi connectivity index (χ4v) is 12.0. The van der Waals surface area contributed by atoms with Crippen LogP contribution in [-0.4, -0.2) is 109 Å². The molecular formula is C49H67ClF3N6O13PSi2. The van der Waals surface area contributed by atoms with Crippen LogP contribution >= 0.6 is 19.4 Å². The Morgan fingerprint density at radius 1 is 0.733 bits per heavy atom. The summed E-state index contributed by atoms with van der Waals surface area (Å²) in [6.07, 6.45) is -10.1. The second-order valence-electron chi connectivity index (χ2n) is 21.4. The lowest BCUT2D eigenvalue weighted by molar-refractivity contribution is -0.138. The van der Waals surface area contributed by atoms with E-state index in [2.05, 4.69) is 35.7 Å². The number of fused-ring (bicyclic) bond motifs is 1. The molecular weight excluding hydrogens is 1060 g/mol. The minimum absolute atomic E-state index is 0.0732. The van der Waals surface area contributed by atoms with Gasteiger partial charge in [0.2, 0.25) is 0 Å². The standard InChI is InChI=1S/C49H67ClF3N6O13PSi2/c1-47(2,3)74(9,10)68-27-35-38(40(63-7)45(70-35)58-29-56-37-42(50)54-28-55-43(37)58)71-73(62,66-25-32-20-16-17-21-33(32)49(51,52)53)67-26-34-39(72-75(11,12)48(4,5)6)41(64-8)44(69-34)57-23-22-36(60)59(46(57)61)30-65-24-31-18-14-13-15-19-31/h13-23,28-29,34-35,38-41,44-45H,24-27,30H2,1-12H3/t34-,35-,38-,39-,40-,41-,44-,45-,73?/m1/s1. The summed E-state index contributed by atoms with van der Waals surface area (Å²) >= 11 is 6.40. The lowest BCUT2D eigenvalue weighted by atomic mass is 10.1. The largest absolute Gasteiger partial charge is 0.475 e. The van der Waals surface area contributed by atoms with Crippen molar-refractivity contribution in [3.63, 3.8) is 0 Å². The molecule has 5 heterocycles. The van der Waals surface area contributed by atoms with Gasteiger partial charge < -0.3 is 32.5 Å². The third-order valence-corrected chi connectivity index (χ3v) is 25.1. The van der Waals surface area contributed by atoms with Crippen LogP contribution in [0, 0.1) is 0 Å². The van der Waals surface area contributed by atoms with Gasteiger partial charge in [0.25, 0.3) is 5.56 Å². The minimum atomic E-state index is -5.13. The molecule has 2 aliphatic heterocycles. The predicted molar refractivity (Wildman–Crippen MR) is 276 cm³/mol. The second kappa shape index (κ2) is 23.2.